The molecule has 194 valence electrons. The second kappa shape index (κ2) is 7.39. The third-order valence-electron chi connectivity index (χ3n) is 11.5. The lowest BCUT2D eigenvalue weighted by atomic mass is 9.38. The molecule has 0 amide bonds. The van der Waals surface area contributed by atoms with E-state index >= 15 is 0 Å². The Balaban J connectivity index is 1.64. The van der Waals surface area contributed by atoms with Crippen molar-refractivity contribution >= 4 is 11.6 Å². The number of rotatable bonds is 1. The van der Waals surface area contributed by atoms with Crippen LogP contribution in [0, 0.1) is 39.4 Å². The molecule has 4 aliphatic carbocycles. The van der Waals surface area contributed by atoms with Gasteiger partial charge in [-0.15, -0.1) is 0 Å². The molecular formula is C30H44O5. The number of hydrogen-bond donors (Lipinski definition) is 2. The van der Waals surface area contributed by atoms with Gasteiger partial charge in [-0.25, -0.2) is 0 Å². The highest BCUT2D eigenvalue weighted by molar-refractivity contribution is 6.02. The van der Waals surface area contributed by atoms with Crippen LogP contribution in [0.4, 0.5) is 0 Å². The van der Waals surface area contributed by atoms with Gasteiger partial charge in [-0.1, -0.05) is 51.8 Å². The second-order valence-corrected chi connectivity index (χ2v) is 14.2. The number of allylic oxidation sites excluding steroid dienone is 2. The largest absolute Gasteiger partial charge is 0.392 e. The van der Waals surface area contributed by atoms with E-state index in [1.54, 1.807) is 6.08 Å². The van der Waals surface area contributed by atoms with E-state index in [-0.39, 0.29) is 35.6 Å². The maximum absolute atomic E-state index is 14.3. The Morgan fingerprint density at radius 1 is 1.03 bits per heavy atom. The molecule has 10 atom stereocenters. The topological polar surface area (TPSA) is 83.8 Å². The second-order valence-electron chi connectivity index (χ2n) is 14.2. The summed E-state index contributed by atoms with van der Waals surface area (Å²) in [6.45, 7) is 16.3. The van der Waals surface area contributed by atoms with Crippen molar-refractivity contribution in [1.29, 1.82) is 0 Å². The highest BCUT2D eigenvalue weighted by Gasteiger charge is 2.76. The molecule has 0 bridgehead atoms. The first-order valence-corrected chi connectivity index (χ1v) is 13.5. The van der Waals surface area contributed by atoms with Gasteiger partial charge in [-0.2, -0.15) is 0 Å². The smallest absolute Gasteiger partial charge is 0.160 e. The van der Waals surface area contributed by atoms with Crippen molar-refractivity contribution in [3.63, 3.8) is 0 Å². The molecule has 0 aromatic rings. The zero-order valence-electron chi connectivity index (χ0n) is 22.8. The summed E-state index contributed by atoms with van der Waals surface area (Å²) in [5.74, 6) is -0.547. The number of aliphatic hydroxyl groups excluding tert-OH is 1. The fourth-order valence-electron chi connectivity index (χ4n) is 9.76. The number of fused-ring (bicyclic) bond motifs is 7. The number of ether oxygens (including phenoxy) is 1. The van der Waals surface area contributed by atoms with Crippen LogP contribution in [0.3, 0.4) is 0 Å². The van der Waals surface area contributed by atoms with E-state index < -0.39 is 39.3 Å². The summed E-state index contributed by atoms with van der Waals surface area (Å²) in [5.41, 5.74) is -1.23. The van der Waals surface area contributed by atoms with E-state index in [1.807, 2.05) is 41.5 Å². The monoisotopic (exact) mass is 484 g/mol. The van der Waals surface area contributed by atoms with Crippen molar-refractivity contribution in [2.45, 2.75) is 111 Å². The van der Waals surface area contributed by atoms with Gasteiger partial charge in [0.15, 0.2) is 5.78 Å². The summed E-state index contributed by atoms with van der Waals surface area (Å²) < 4.78 is 6.61. The molecule has 35 heavy (non-hydrogen) atoms. The van der Waals surface area contributed by atoms with Crippen LogP contribution in [0.1, 0.15) is 87.5 Å². The quantitative estimate of drug-likeness (QED) is 0.523. The van der Waals surface area contributed by atoms with Crippen LogP contribution in [0.15, 0.2) is 23.3 Å². The number of carbonyl (C=O) groups is 2. The molecule has 4 fully saturated rings. The van der Waals surface area contributed by atoms with Crippen molar-refractivity contribution in [3.05, 3.63) is 23.3 Å². The molecule has 0 spiro atoms. The van der Waals surface area contributed by atoms with Gasteiger partial charge in [0.2, 0.25) is 0 Å². The highest BCUT2D eigenvalue weighted by atomic mass is 16.5. The standard InChI is InChI=1S/C30H44O5/c1-16(2)11-17-13-29(7,34)25-21(35-17)14-27(5)24-20(31)12-19-18(9-10-22(32)26(19,3)4)30(24,8)23(33)15-28(25,27)6/h11-12,17-18,21-22,24-25,32,34H,9-10,13-15H2,1-8H3/t17-,18+,21+,22-,24-,25-,27-,28+,29-,30+/m0/s1. The van der Waals surface area contributed by atoms with Gasteiger partial charge in [0.1, 0.15) is 5.78 Å². The lowest BCUT2D eigenvalue weighted by molar-refractivity contribution is -0.201. The Kier molecular flexibility index (Phi) is 5.35. The Morgan fingerprint density at radius 3 is 2.31 bits per heavy atom. The van der Waals surface area contributed by atoms with Gasteiger partial charge in [-0.3, -0.25) is 9.59 Å². The number of Topliss-reactive ketones (excluding diaryl/α,β-unsaturated/α-hetero) is 1. The average molecular weight is 485 g/mol. The van der Waals surface area contributed by atoms with Crippen molar-refractivity contribution in [2.75, 3.05) is 0 Å². The lowest BCUT2D eigenvalue weighted by Crippen LogP contribution is -2.66. The molecule has 0 unspecified atom stereocenters. The summed E-state index contributed by atoms with van der Waals surface area (Å²) >= 11 is 0. The fraction of sp³-hybridized carbons (Fsp3) is 0.800. The van der Waals surface area contributed by atoms with E-state index in [2.05, 4.69) is 19.9 Å². The molecule has 3 saturated carbocycles. The highest BCUT2D eigenvalue weighted by Crippen LogP contribution is 2.74. The summed E-state index contributed by atoms with van der Waals surface area (Å²) in [7, 11) is 0. The third kappa shape index (κ3) is 3.10. The Hall–Kier alpha value is -1.30. The van der Waals surface area contributed by atoms with Crippen molar-refractivity contribution in [2.24, 2.45) is 39.4 Å². The SMILES string of the molecule is CC(C)=C[C@H]1C[C@](C)(O)[C@H]2[C@@H](C[C@@]3(C)[C@@H]4C(=O)C=C5[C@@H](CC[C@H](O)C5(C)C)[C@]4(C)C(=O)C[C@]23C)O1. The first-order chi connectivity index (χ1) is 16.0. The van der Waals surface area contributed by atoms with Gasteiger partial charge in [0.25, 0.3) is 0 Å². The Bertz CT molecular complexity index is 1030. The molecule has 5 rings (SSSR count). The number of aliphatic hydroxyl groups is 2. The van der Waals surface area contributed by atoms with Gasteiger partial charge < -0.3 is 14.9 Å². The number of carbonyl (C=O) groups excluding carboxylic acids is 2. The Morgan fingerprint density at radius 2 is 1.69 bits per heavy atom. The first kappa shape index (κ1) is 25.4. The van der Waals surface area contributed by atoms with Crippen LogP contribution in [0.2, 0.25) is 0 Å². The van der Waals surface area contributed by atoms with Gasteiger partial charge in [0.05, 0.1) is 23.9 Å². The summed E-state index contributed by atoms with van der Waals surface area (Å²) in [6, 6.07) is 0. The van der Waals surface area contributed by atoms with Crippen LogP contribution in [0.25, 0.3) is 0 Å². The maximum Gasteiger partial charge on any atom is 0.160 e. The molecule has 0 aromatic heterocycles. The van der Waals surface area contributed by atoms with E-state index in [0.717, 1.165) is 17.6 Å². The van der Waals surface area contributed by atoms with Crippen LogP contribution in [-0.2, 0) is 14.3 Å². The van der Waals surface area contributed by atoms with Crippen molar-refractivity contribution in [1.82, 2.24) is 0 Å². The zero-order valence-corrected chi connectivity index (χ0v) is 22.8. The molecule has 1 heterocycles. The summed E-state index contributed by atoms with van der Waals surface area (Å²) in [4.78, 5) is 28.3. The molecule has 0 radical (unpaired) electrons. The molecule has 5 aliphatic rings. The predicted octanol–water partition coefficient (Wildman–Crippen LogP) is 4.80. The van der Waals surface area contributed by atoms with Crippen molar-refractivity contribution in [3.8, 4) is 0 Å². The van der Waals surface area contributed by atoms with Crippen LogP contribution < -0.4 is 0 Å². The van der Waals surface area contributed by atoms with E-state index in [9.17, 15) is 19.8 Å². The van der Waals surface area contributed by atoms with E-state index in [4.69, 9.17) is 4.74 Å². The van der Waals surface area contributed by atoms with Gasteiger partial charge in [-0.05, 0) is 62.9 Å². The van der Waals surface area contributed by atoms with Gasteiger partial charge >= 0.3 is 0 Å². The molecule has 5 heteroatoms. The van der Waals surface area contributed by atoms with Crippen LogP contribution in [-0.4, -0.2) is 45.7 Å². The summed E-state index contributed by atoms with van der Waals surface area (Å²) in [5, 5.41) is 22.5. The minimum atomic E-state index is -0.990. The van der Waals surface area contributed by atoms with Gasteiger partial charge in [0, 0.05) is 35.5 Å². The normalized spacial score (nSPS) is 52.6. The summed E-state index contributed by atoms with van der Waals surface area (Å²) in [6.07, 6.45) is 5.87. The predicted molar refractivity (Wildman–Crippen MR) is 134 cm³/mol. The van der Waals surface area contributed by atoms with Crippen LogP contribution in [0.5, 0.6) is 0 Å². The number of ketones is 2. The van der Waals surface area contributed by atoms with E-state index in [0.29, 0.717) is 25.7 Å². The minimum absolute atomic E-state index is 0.0156. The molecule has 1 saturated heterocycles. The minimum Gasteiger partial charge on any atom is -0.392 e. The van der Waals surface area contributed by atoms with Crippen LogP contribution >= 0.6 is 0 Å². The fourth-order valence-corrected chi connectivity index (χ4v) is 9.76. The molecule has 5 nitrogen and oxygen atoms in total. The van der Waals surface area contributed by atoms with Crippen molar-refractivity contribution < 1.29 is 24.5 Å². The molecule has 2 N–H and O–H groups in total. The van der Waals surface area contributed by atoms with E-state index in [1.165, 1.54) is 0 Å². The number of hydrogen-bond acceptors (Lipinski definition) is 5. The zero-order chi connectivity index (χ0) is 25.9. The third-order valence-corrected chi connectivity index (χ3v) is 11.5. The first-order valence-electron chi connectivity index (χ1n) is 13.5. The molecule has 1 aliphatic heterocycles. The molecule has 0 aromatic carbocycles. The Labute approximate surface area is 210 Å². The molecular weight excluding hydrogens is 440 g/mol. The maximum atomic E-state index is 14.3. The lowest BCUT2D eigenvalue weighted by Gasteiger charge is -2.64. The average Bonchev–Trinajstić information content (AvgIpc) is 2.91.